The van der Waals surface area contributed by atoms with Gasteiger partial charge in [0.1, 0.15) is 0 Å². The summed E-state index contributed by atoms with van der Waals surface area (Å²) < 4.78 is 0. The van der Waals surface area contributed by atoms with Crippen molar-refractivity contribution in [3.8, 4) is 0 Å². The quantitative estimate of drug-likeness (QED) is 0.639. The van der Waals surface area contributed by atoms with E-state index in [4.69, 9.17) is 0 Å². The van der Waals surface area contributed by atoms with E-state index in [1.807, 2.05) is 7.05 Å². The molecule has 0 aromatic rings. The standard InChI is InChI=1S/C9H18N2/c1-10-8-11-6-4-9(2-3-9)5-7-11/h10H,2-8H2,1H3. The van der Waals surface area contributed by atoms with E-state index >= 15 is 0 Å². The van der Waals surface area contributed by atoms with Gasteiger partial charge in [-0.15, -0.1) is 0 Å². The number of nitrogens with one attached hydrogen (secondary N) is 1. The molecular formula is C9H18N2. The summed E-state index contributed by atoms with van der Waals surface area (Å²) >= 11 is 0. The zero-order valence-electron chi connectivity index (χ0n) is 7.40. The largest absolute Gasteiger partial charge is 0.307 e. The van der Waals surface area contributed by atoms with Crippen molar-refractivity contribution in [2.45, 2.75) is 25.7 Å². The van der Waals surface area contributed by atoms with E-state index in [1.165, 1.54) is 38.8 Å². The molecule has 1 aliphatic heterocycles. The zero-order valence-corrected chi connectivity index (χ0v) is 7.40. The second-order valence-electron chi connectivity index (χ2n) is 4.13. The Morgan fingerprint density at radius 2 is 1.82 bits per heavy atom. The maximum Gasteiger partial charge on any atom is 0.0477 e. The van der Waals surface area contributed by atoms with Gasteiger partial charge < -0.3 is 5.32 Å². The first-order valence-electron chi connectivity index (χ1n) is 4.72. The molecule has 64 valence electrons. The molecule has 0 aromatic carbocycles. The Morgan fingerprint density at radius 1 is 1.18 bits per heavy atom. The average molecular weight is 154 g/mol. The lowest BCUT2D eigenvalue weighted by molar-refractivity contribution is 0.165. The molecular weight excluding hydrogens is 136 g/mol. The predicted octanol–water partition coefficient (Wildman–Crippen LogP) is 1.04. The second kappa shape index (κ2) is 2.76. The fourth-order valence-electron chi connectivity index (χ4n) is 2.09. The predicted molar refractivity (Wildman–Crippen MR) is 46.4 cm³/mol. The van der Waals surface area contributed by atoms with Gasteiger partial charge in [0, 0.05) is 6.67 Å². The van der Waals surface area contributed by atoms with Crippen molar-refractivity contribution >= 4 is 0 Å². The highest BCUT2D eigenvalue weighted by atomic mass is 15.2. The monoisotopic (exact) mass is 154 g/mol. The van der Waals surface area contributed by atoms with Gasteiger partial charge in [-0.25, -0.2) is 0 Å². The van der Waals surface area contributed by atoms with Crippen LogP contribution in [0.3, 0.4) is 0 Å². The average Bonchev–Trinajstić information content (AvgIpc) is 2.76. The number of hydrogen-bond donors (Lipinski definition) is 1. The van der Waals surface area contributed by atoms with Crippen molar-refractivity contribution in [3.05, 3.63) is 0 Å². The van der Waals surface area contributed by atoms with Crippen molar-refractivity contribution in [1.29, 1.82) is 0 Å². The maximum atomic E-state index is 3.21. The normalized spacial score (nSPS) is 29.2. The molecule has 1 saturated carbocycles. The highest BCUT2D eigenvalue weighted by Crippen LogP contribution is 2.53. The van der Waals surface area contributed by atoms with Gasteiger partial charge in [-0.2, -0.15) is 0 Å². The SMILES string of the molecule is CNCN1CCC2(CC1)CC2. The first kappa shape index (κ1) is 7.56. The number of hydrogen-bond acceptors (Lipinski definition) is 2. The lowest BCUT2D eigenvalue weighted by Gasteiger charge is -2.31. The first-order valence-corrected chi connectivity index (χ1v) is 4.72. The fraction of sp³-hybridized carbons (Fsp3) is 1.00. The van der Waals surface area contributed by atoms with Gasteiger partial charge >= 0.3 is 0 Å². The molecule has 2 aliphatic rings. The van der Waals surface area contributed by atoms with E-state index in [0.717, 1.165) is 12.1 Å². The molecule has 1 aliphatic carbocycles. The van der Waals surface area contributed by atoms with Crippen LogP contribution in [-0.2, 0) is 0 Å². The highest BCUT2D eigenvalue weighted by Gasteiger charge is 2.44. The van der Waals surface area contributed by atoms with Crippen LogP contribution in [0, 0.1) is 5.41 Å². The van der Waals surface area contributed by atoms with E-state index in [-0.39, 0.29) is 0 Å². The van der Waals surface area contributed by atoms with Crippen LogP contribution in [0.5, 0.6) is 0 Å². The molecule has 11 heavy (non-hydrogen) atoms. The third kappa shape index (κ3) is 1.57. The van der Waals surface area contributed by atoms with Gasteiger partial charge in [-0.05, 0) is 51.2 Å². The molecule has 0 amide bonds. The summed E-state index contributed by atoms with van der Waals surface area (Å²) in [7, 11) is 2.03. The summed E-state index contributed by atoms with van der Waals surface area (Å²) in [5, 5.41) is 3.21. The van der Waals surface area contributed by atoms with Gasteiger partial charge in [0.2, 0.25) is 0 Å². The van der Waals surface area contributed by atoms with Crippen molar-refractivity contribution < 1.29 is 0 Å². The molecule has 0 bridgehead atoms. The van der Waals surface area contributed by atoms with Crippen LogP contribution in [0.1, 0.15) is 25.7 Å². The fourth-order valence-corrected chi connectivity index (χ4v) is 2.09. The van der Waals surface area contributed by atoms with Crippen molar-refractivity contribution in [1.82, 2.24) is 10.2 Å². The minimum absolute atomic E-state index is 0.838. The summed E-state index contributed by atoms with van der Waals surface area (Å²) in [6.45, 7) is 3.72. The van der Waals surface area contributed by atoms with E-state index in [1.54, 1.807) is 0 Å². The minimum atomic E-state index is 0.838. The molecule has 2 fully saturated rings. The molecule has 0 aromatic heterocycles. The molecule has 2 heteroatoms. The molecule has 0 unspecified atom stereocenters. The third-order valence-corrected chi connectivity index (χ3v) is 3.26. The van der Waals surface area contributed by atoms with E-state index < -0.39 is 0 Å². The summed E-state index contributed by atoms with van der Waals surface area (Å²) in [6, 6.07) is 0. The number of rotatable bonds is 2. The van der Waals surface area contributed by atoms with Gasteiger partial charge in [-0.3, -0.25) is 4.90 Å². The lowest BCUT2D eigenvalue weighted by Crippen LogP contribution is -2.39. The molecule has 0 atom stereocenters. The van der Waals surface area contributed by atoms with Gasteiger partial charge in [0.05, 0.1) is 0 Å². The van der Waals surface area contributed by atoms with Crippen molar-refractivity contribution in [3.63, 3.8) is 0 Å². The maximum absolute atomic E-state index is 3.21. The lowest BCUT2D eigenvalue weighted by atomic mass is 9.94. The number of piperidine rings is 1. The minimum Gasteiger partial charge on any atom is -0.307 e. The molecule has 1 spiro atoms. The first-order chi connectivity index (χ1) is 5.35. The van der Waals surface area contributed by atoms with Gasteiger partial charge in [0.25, 0.3) is 0 Å². The number of nitrogens with zero attached hydrogens (tertiary/aromatic N) is 1. The molecule has 1 saturated heterocycles. The molecule has 1 heterocycles. The summed E-state index contributed by atoms with van der Waals surface area (Å²) in [5.41, 5.74) is 0.838. The molecule has 2 rings (SSSR count). The van der Waals surface area contributed by atoms with Crippen LogP contribution in [0.4, 0.5) is 0 Å². The Hall–Kier alpha value is -0.0800. The Labute approximate surface area is 69.0 Å². The summed E-state index contributed by atoms with van der Waals surface area (Å²) in [5.74, 6) is 0. The topological polar surface area (TPSA) is 15.3 Å². The van der Waals surface area contributed by atoms with Crippen LogP contribution in [0.25, 0.3) is 0 Å². The van der Waals surface area contributed by atoms with Crippen LogP contribution in [0.2, 0.25) is 0 Å². The number of likely N-dealkylation sites (tertiary alicyclic amines) is 1. The van der Waals surface area contributed by atoms with E-state index in [0.29, 0.717) is 0 Å². The van der Waals surface area contributed by atoms with E-state index in [2.05, 4.69) is 10.2 Å². The van der Waals surface area contributed by atoms with Crippen LogP contribution < -0.4 is 5.32 Å². The van der Waals surface area contributed by atoms with Crippen LogP contribution in [0.15, 0.2) is 0 Å². The molecule has 1 N–H and O–H groups in total. The van der Waals surface area contributed by atoms with Crippen LogP contribution in [-0.4, -0.2) is 31.7 Å². The molecule has 0 radical (unpaired) electrons. The second-order valence-corrected chi connectivity index (χ2v) is 4.13. The zero-order chi connectivity index (χ0) is 7.73. The van der Waals surface area contributed by atoms with Crippen molar-refractivity contribution in [2.24, 2.45) is 5.41 Å². The Balaban J connectivity index is 1.75. The van der Waals surface area contributed by atoms with Gasteiger partial charge in [0.15, 0.2) is 0 Å². The molecule has 2 nitrogen and oxygen atoms in total. The Kier molecular flexibility index (Phi) is 1.90. The van der Waals surface area contributed by atoms with Gasteiger partial charge in [-0.1, -0.05) is 0 Å². The van der Waals surface area contributed by atoms with Crippen LogP contribution >= 0.6 is 0 Å². The summed E-state index contributed by atoms with van der Waals surface area (Å²) in [6.07, 6.45) is 5.93. The summed E-state index contributed by atoms with van der Waals surface area (Å²) in [4.78, 5) is 2.52. The smallest absolute Gasteiger partial charge is 0.0477 e. The Bertz CT molecular complexity index is 130. The third-order valence-electron chi connectivity index (χ3n) is 3.26. The Morgan fingerprint density at radius 3 is 2.27 bits per heavy atom. The van der Waals surface area contributed by atoms with Crippen molar-refractivity contribution in [2.75, 3.05) is 26.8 Å². The van der Waals surface area contributed by atoms with E-state index in [9.17, 15) is 0 Å². The highest BCUT2D eigenvalue weighted by molar-refractivity contribution is 4.96.